The van der Waals surface area contributed by atoms with Crippen LogP contribution >= 0.6 is 0 Å². The molecule has 0 rings (SSSR count). The normalized spacial score (nSPS) is 12.3. The second-order valence-corrected chi connectivity index (χ2v) is 3.86. The minimum atomic E-state index is -3.35. The number of rotatable bonds is 6. The van der Waals surface area contributed by atoms with E-state index in [1.165, 1.54) is 14.2 Å². The van der Waals surface area contributed by atoms with Crippen molar-refractivity contribution < 1.29 is 22.1 Å². The summed E-state index contributed by atoms with van der Waals surface area (Å²) in [6.07, 6.45) is 0.980. The van der Waals surface area contributed by atoms with E-state index in [2.05, 4.69) is 4.18 Å². The first-order chi connectivity index (χ1) is 5.49. The van der Waals surface area contributed by atoms with Crippen LogP contribution in [-0.4, -0.2) is 41.8 Å². The molecule has 0 aromatic rings. The lowest BCUT2D eigenvalue weighted by Crippen LogP contribution is -2.17. The van der Waals surface area contributed by atoms with Gasteiger partial charge in [0, 0.05) is 20.6 Å². The smallest absolute Gasteiger partial charge is 0.264 e. The van der Waals surface area contributed by atoms with Crippen molar-refractivity contribution in [2.24, 2.45) is 0 Å². The quantitative estimate of drug-likeness (QED) is 0.443. The highest BCUT2D eigenvalue weighted by Gasteiger charge is 2.07. The molecule has 0 amide bonds. The predicted octanol–water partition coefficient (Wildman–Crippen LogP) is -0.0284. The van der Waals surface area contributed by atoms with Gasteiger partial charge in [-0.2, -0.15) is 8.42 Å². The van der Waals surface area contributed by atoms with Crippen LogP contribution in [0.15, 0.2) is 0 Å². The monoisotopic (exact) mass is 198 g/mol. The minimum absolute atomic E-state index is 0.0746. The van der Waals surface area contributed by atoms with E-state index in [0.29, 0.717) is 6.42 Å². The summed E-state index contributed by atoms with van der Waals surface area (Å²) >= 11 is 0. The fourth-order valence-corrected chi connectivity index (χ4v) is 1.03. The molecule has 0 spiro atoms. The summed E-state index contributed by atoms with van der Waals surface area (Å²) in [7, 11) is -0.386. The Balaban J connectivity index is 3.55. The molecule has 0 bridgehead atoms. The number of ether oxygens (including phenoxy) is 2. The third kappa shape index (κ3) is 6.53. The first-order valence-corrected chi connectivity index (χ1v) is 5.21. The predicted molar refractivity (Wildman–Crippen MR) is 43.2 cm³/mol. The van der Waals surface area contributed by atoms with Gasteiger partial charge >= 0.3 is 0 Å². The van der Waals surface area contributed by atoms with Crippen LogP contribution < -0.4 is 0 Å². The zero-order valence-electron chi connectivity index (χ0n) is 7.44. The molecule has 0 aliphatic heterocycles. The molecule has 0 fully saturated rings. The molecule has 6 heteroatoms. The summed E-state index contributed by atoms with van der Waals surface area (Å²) in [4.78, 5) is 0. The molecule has 0 aromatic carbocycles. The maximum atomic E-state index is 10.5. The Labute approximate surface area is 72.7 Å². The molecule has 12 heavy (non-hydrogen) atoms. The van der Waals surface area contributed by atoms with E-state index >= 15 is 0 Å². The highest BCUT2D eigenvalue weighted by Crippen LogP contribution is 1.99. The zero-order chi connectivity index (χ0) is 9.61. The molecule has 0 heterocycles. The van der Waals surface area contributed by atoms with Crippen LogP contribution in [0, 0.1) is 0 Å². The van der Waals surface area contributed by atoms with E-state index in [4.69, 9.17) is 9.47 Å². The van der Waals surface area contributed by atoms with Gasteiger partial charge in [-0.25, -0.2) is 0 Å². The molecule has 0 saturated heterocycles. The summed E-state index contributed by atoms with van der Waals surface area (Å²) in [5.74, 6) is 0. The van der Waals surface area contributed by atoms with Crippen molar-refractivity contribution in [1.29, 1.82) is 0 Å². The highest BCUT2D eigenvalue weighted by molar-refractivity contribution is 7.85. The van der Waals surface area contributed by atoms with E-state index < -0.39 is 16.4 Å². The molecule has 0 N–H and O–H groups in total. The van der Waals surface area contributed by atoms with Gasteiger partial charge in [-0.1, -0.05) is 0 Å². The van der Waals surface area contributed by atoms with E-state index in [1.54, 1.807) is 0 Å². The summed E-state index contributed by atoms with van der Waals surface area (Å²) in [6.45, 7) is 0.0746. The lowest BCUT2D eigenvalue weighted by Gasteiger charge is -2.11. The van der Waals surface area contributed by atoms with Gasteiger partial charge in [0.15, 0.2) is 6.29 Å². The van der Waals surface area contributed by atoms with Crippen molar-refractivity contribution in [2.75, 3.05) is 27.1 Å². The van der Waals surface area contributed by atoms with Crippen molar-refractivity contribution >= 4 is 10.1 Å². The Morgan fingerprint density at radius 3 is 2.08 bits per heavy atom. The van der Waals surface area contributed by atoms with Crippen LogP contribution in [0.25, 0.3) is 0 Å². The SMILES string of the molecule is COC(CCOS(C)(=O)=O)OC. The highest BCUT2D eigenvalue weighted by atomic mass is 32.2. The summed E-state index contributed by atoms with van der Waals surface area (Å²) in [5.41, 5.74) is 0. The van der Waals surface area contributed by atoms with Crippen LogP contribution in [0.3, 0.4) is 0 Å². The third-order valence-corrected chi connectivity index (χ3v) is 1.77. The maximum absolute atomic E-state index is 10.5. The van der Waals surface area contributed by atoms with Gasteiger partial charge in [0.25, 0.3) is 10.1 Å². The molecule has 0 unspecified atom stereocenters. The molecule has 5 nitrogen and oxygen atoms in total. The maximum Gasteiger partial charge on any atom is 0.264 e. The Kier molecular flexibility index (Phi) is 5.39. The van der Waals surface area contributed by atoms with Gasteiger partial charge in [0.2, 0.25) is 0 Å². The molecule has 0 aromatic heterocycles. The third-order valence-electron chi connectivity index (χ3n) is 1.18. The Morgan fingerprint density at radius 2 is 1.75 bits per heavy atom. The van der Waals surface area contributed by atoms with Gasteiger partial charge in [-0.3, -0.25) is 4.18 Å². The Hall–Kier alpha value is -0.170. The van der Waals surface area contributed by atoms with Gasteiger partial charge in [-0.05, 0) is 0 Å². The van der Waals surface area contributed by atoms with Crippen molar-refractivity contribution in [3.63, 3.8) is 0 Å². The summed E-state index contributed by atoms with van der Waals surface area (Å²) in [6, 6.07) is 0. The van der Waals surface area contributed by atoms with Gasteiger partial charge in [-0.15, -0.1) is 0 Å². The average Bonchev–Trinajstić information content (AvgIpc) is 1.96. The second kappa shape index (κ2) is 5.47. The van der Waals surface area contributed by atoms with E-state index in [1.807, 2.05) is 0 Å². The number of methoxy groups -OCH3 is 2. The summed E-state index contributed by atoms with van der Waals surface area (Å²) < 4.78 is 35.1. The molecule has 0 aliphatic rings. The molecule has 74 valence electrons. The van der Waals surface area contributed by atoms with Gasteiger partial charge < -0.3 is 9.47 Å². The first kappa shape index (κ1) is 11.8. The first-order valence-electron chi connectivity index (χ1n) is 3.39. The standard InChI is InChI=1S/C6H14O5S/c1-9-6(10-2)4-5-11-12(3,7)8/h6H,4-5H2,1-3H3. The van der Waals surface area contributed by atoms with Crippen LogP contribution in [0.2, 0.25) is 0 Å². The van der Waals surface area contributed by atoms with Crippen LogP contribution in [0.4, 0.5) is 0 Å². The van der Waals surface area contributed by atoms with Crippen molar-refractivity contribution in [1.82, 2.24) is 0 Å². The molecular formula is C6H14O5S. The molecule has 0 radical (unpaired) electrons. The van der Waals surface area contributed by atoms with Crippen molar-refractivity contribution in [3.8, 4) is 0 Å². The molecule has 0 atom stereocenters. The lowest BCUT2D eigenvalue weighted by atomic mass is 10.4. The van der Waals surface area contributed by atoms with E-state index in [-0.39, 0.29) is 6.61 Å². The molecule has 0 aliphatic carbocycles. The largest absolute Gasteiger partial charge is 0.356 e. The van der Waals surface area contributed by atoms with Gasteiger partial charge in [0.05, 0.1) is 12.9 Å². The fourth-order valence-electron chi connectivity index (χ4n) is 0.628. The summed E-state index contributed by atoms with van der Waals surface area (Å²) in [5, 5.41) is 0. The Bertz CT molecular complexity index is 194. The zero-order valence-corrected chi connectivity index (χ0v) is 8.26. The Morgan fingerprint density at radius 1 is 1.25 bits per heavy atom. The van der Waals surface area contributed by atoms with Crippen molar-refractivity contribution in [2.45, 2.75) is 12.7 Å². The van der Waals surface area contributed by atoms with Crippen LogP contribution in [-0.2, 0) is 23.8 Å². The van der Waals surface area contributed by atoms with Crippen LogP contribution in [0.1, 0.15) is 6.42 Å². The van der Waals surface area contributed by atoms with Gasteiger partial charge in [0.1, 0.15) is 0 Å². The fraction of sp³-hybridized carbons (Fsp3) is 1.00. The van der Waals surface area contributed by atoms with Crippen LogP contribution in [0.5, 0.6) is 0 Å². The topological polar surface area (TPSA) is 61.8 Å². The van der Waals surface area contributed by atoms with E-state index in [0.717, 1.165) is 6.26 Å². The number of hydrogen-bond donors (Lipinski definition) is 0. The molecular weight excluding hydrogens is 184 g/mol. The van der Waals surface area contributed by atoms with E-state index in [9.17, 15) is 8.42 Å². The second-order valence-electron chi connectivity index (χ2n) is 2.22. The lowest BCUT2D eigenvalue weighted by molar-refractivity contribution is -0.110. The average molecular weight is 198 g/mol. The minimum Gasteiger partial charge on any atom is -0.356 e. The number of hydrogen-bond acceptors (Lipinski definition) is 5. The van der Waals surface area contributed by atoms with Crippen molar-refractivity contribution in [3.05, 3.63) is 0 Å². The molecule has 0 saturated carbocycles.